The van der Waals surface area contributed by atoms with Gasteiger partial charge >= 0.3 is 5.97 Å². The first-order valence-corrected chi connectivity index (χ1v) is 9.19. The lowest BCUT2D eigenvalue weighted by Gasteiger charge is -2.32. The number of fused-ring (bicyclic) bond motifs is 1. The Morgan fingerprint density at radius 1 is 1.38 bits per heavy atom. The van der Waals surface area contributed by atoms with Crippen LogP contribution in [0.15, 0.2) is 18.2 Å². The first-order chi connectivity index (χ1) is 12.7. The summed E-state index contributed by atoms with van der Waals surface area (Å²) in [7, 11) is 0. The lowest BCUT2D eigenvalue weighted by Crippen LogP contribution is -2.43. The molecule has 0 unspecified atom stereocenters. The number of esters is 1. The molecule has 1 aromatic carbocycles. The Morgan fingerprint density at radius 2 is 2.23 bits per heavy atom. The van der Waals surface area contributed by atoms with E-state index in [-0.39, 0.29) is 25.3 Å². The Morgan fingerprint density at radius 3 is 3.08 bits per heavy atom. The fraction of sp³-hybridized carbons (Fsp3) is 0.632. The zero-order chi connectivity index (χ0) is 18.4. The molecule has 1 aromatic rings. The monoisotopic (exact) mass is 365 g/mol. The number of aliphatic hydroxyl groups is 1. The van der Waals surface area contributed by atoms with E-state index in [4.69, 9.17) is 18.9 Å². The molecule has 1 fully saturated rings. The molecule has 2 atom stereocenters. The second-order valence-corrected chi connectivity index (χ2v) is 6.71. The van der Waals surface area contributed by atoms with Gasteiger partial charge in [0.15, 0.2) is 11.5 Å². The van der Waals surface area contributed by atoms with Gasteiger partial charge in [0.2, 0.25) is 6.79 Å². The van der Waals surface area contributed by atoms with Gasteiger partial charge in [0.05, 0.1) is 31.8 Å². The lowest BCUT2D eigenvalue weighted by molar-refractivity contribution is -0.150. The second-order valence-electron chi connectivity index (χ2n) is 6.71. The highest BCUT2D eigenvalue weighted by Gasteiger charge is 2.27. The number of hydrogen-bond donors (Lipinski definition) is 1. The van der Waals surface area contributed by atoms with Gasteiger partial charge in [-0.1, -0.05) is 6.07 Å². The Labute approximate surface area is 153 Å². The highest BCUT2D eigenvalue weighted by molar-refractivity contribution is 5.72. The van der Waals surface area contributed by atoms with Crippen molar-refractivity contribution in [1.29, 1.82) is 0 Å². The summed E-state index contributed by atoms with van der Waals surface area (Å²) in [5.74, 6) is 1.25. The zero-order valence-electron chi connectivity index (χ0n) is 15.2. The Kier molecular flexibility index (Phi) is 6.71. The third kappa shape index (κ3) is 5.09. The van der Waals surface area contributed by atoms with Crippen LogP contribution in [0.25, 0.3) is 0 Å². The van der Waals surface area contributed by atoms with Crippen LogP contribution < -0.4 is 9.47 Å². The Hall–Kier alpha value is -1.83. The summed E-state index contributed by atoms with van der Waals surface area (Å²) in [6.07, 6.45) is 1.20. The molecule has 7 heteroatoms. The Bertz CT molecular complexity index is 608. The van der Waals surface area contributed by atoms with Gasteiger partial charge in [0.25, 0.3) is 0 Å². The molecular formula is C19H27NO6. The number of likely N-dealkylation sites (tertiary alicyclic amines) is 1. The van der Waals surface area contributed by atoms with Crippen molar-refractivity contribution < 1.29 is 28.8 Å². The lowest BCUT2D eigenvalue weighted by atomic mass is 9.98. The van der Waals surface area contributed by atoms with Crippen molar-refractivity contribution in [2.24, 2.45) is 5.92 Å². The number of nitrogens with zero attached hydrogens (tertiary/aromatic N) is 1. The maximum atomic E-state index is 11.9. The predicted octanol–water partition coefficient (Wildman–Crippen LogP) is 1.57. The predicted molar refractivity (Wildman–Crippen MR) is 94.0 cm³/mol. The fourth-order valence-electron chi connectivity index (χ4n) is 3.37. The van der Waals surface area contributed by atoms with E-state index < -0.39 is 6.10 Å². The molecule has 2 aliphatic rings. The smallest absolute Gasteiger partial charge is 0.310 e. The van der Waals surface area contributed by atoms with Crippen LogP contribution in [-0.2, 0) is 20.9 Å². The molecule has 0 saturated carbocycles. The van der Waals surface area contributed by atoms with E-state index in [0.717, 1.165) is 36.4 Å². The highest BCUT2D eigenvalue weighted by Crippen LogP contribution is 2.32. The minimum absolute atomic E-state index is 0.0922. The number of carbonyl (C=O) groups excluding carboxylic acids is 1. The van der Waals surface area contributed by atoms with E-state index in [9.17, 15) is 9.90 Å². The molecule has 0 aliphatic carbocycles. The number of rotatable bonds is 8. The third-order valence-corrected chi connectivity index (χ3v) is 4.61. The van der Waals surface area contributed by atoms with Gasteiger partial charge in [-0.2, -0.15) is 0 Å². The van der Waals surface area contributed by atoms with E-state index in [0.29, 0.717) is 26.3 Å². The average Bonchev–Trinajstić information content (AvgIpc) is 3.10. The first kappa shape index (κ1) is 18.9. The fourth-order valence-corrected chi connectivity index (χ4v) is 3.37. The van der Waals surface area contributed by atoms with Gasteiger partial charge in [0.1, 0.15) is 0 Å². The summed E-state index contributed by atoms with van der Waals surface area (Å²) >= 11 is 0. The van der Waals surface area contributed by atoms with E-state index in [1.54, 1.807) is 0 Å². The van der Waals surface area contributed by atoms with Crippen LogP contribution in [0.5, 0.6) is 11.5 Å². The zero-order valence-corrected chi connectivity index (χ0v) is 15.2. The molecule has 26 heavy (non-hydrogen) atoms. The second kappa shape index (κ2) is 9.21. The van der Waals surface area contributed by atoms with Crippen LogP contribution in [0.3, 0.4) is 0 Å². The van der Waals surface area contributed by atoms with Crippen LogP contribution in [0, 0.1) is 5.92 Å². The number of benzene rings is 1. The van der Waals surface area contributed by atoms with Crippen molar-refractivity contribution >= 4 is 5.97 Å². The van der Waals surface area contributed by atoms with Crippen molar-refractivity contribution in [1.82, 2.24) is 4.90 Å². The summed E-state index contributed by atoms with van der Waals surface area (Å²) in [6, 6.07) is 5.68. The van der Waals surface area contributed by atoms with Crippen molar-refractivity contribution in [3.05, 3.63) is 23.8 Å². The Balaban J connectivity index is 1.38. The SMILES string of the molecule is CCOC(=O)[C@@H]1CCCN(C[C@H](O)COCc2ccc3c(c2)OCO3)C1. The van der Waals surface area contributed by atoms with Crippen LogP contribution in [0.2, 0.25) is 0 Å². The van der Waals surface area contributed by atoms with Crippen LogP contribution in [0.1, 0.15) is 25.3 Å². The molecule has 0 aromatic heterocycles. The molecular weight excluding hydrogens is 338 g/mol. The molecule has 1 N–H and O–H groups in total. The molecule has 144 valence electrons. The van der Waals surface area contributed by atoms with Gasteiger partial charge in [0, 0.05) is 13.1 Å². The van der Waals surface area contributed by atoms with E-state index in [1.807, 2.05) is 25.1 Å². The van der Waals surface area contributed by atoms with Crippen LogP contribution in [0.4, 0.5) is 0 Å². The van der Waals surface area contributed by atoms with Crippen molar-refractivity contribution in [3.8, 4) is 11.5 Å². The summed E-state index contributed by atoms with van der Waals surface area (Å²) in [5, 5.41) is 10.2. The average molecular weight is 365 g/mol. The van der Waals surface area contributed by atoms with Crippen molar-refractivity contribution in [2.75, 3.05) is 39.6 Å². The van der Waals surface area contributed by atoms with Gasteiger partial charge in [-0.25, -0.2) is 0 Å². The third-order valence-electron chi connectivity index (χ3n) is 4.61. The molecule has 0 amide bonds. The maximum Gasteiger partial charge on any atom is 0.310 e. The summed E-state index contributed by atoms with van der Waals surface area (Å²) in [5.41, 5.74) is 0.974. The number of ether oxygens (including phenoxy) is 4. The van der Waals surface area contributed by atoms with E-state index in [2.05, 4.69) is 4.90 Å². The van der Waals surface area contributed by atoms with Crippen LogP contribution >= 0.6 is 0 Å². The molecule has 0 radical (unpaired) electrons. The number of aliphatic hydroxyl groups excluding tert-OH is 1. The number of β-amino-alcohol motifs (C(OH)–C–C–N with tert-alkyl or cyclic N) is 1. The molecule has 0 bridgehead atoms. The maximum absolute atomic E-state index is 11.9. The van der Waals surface area contributed by atoms with E-state index in [1.165, 1.54) is 0 Å². The van der Waals surface area contributed by atoms with Gasteiger partial charge in [-0.15, -0.1) is 0 Å². The minimum Gasteiger partial charge on any atom is -0.466 e. The molecule has 1 saturated heterocycles. The molecule has 7 nitrogen and oxygen atoms in total. The van der Waals surface area contributed by atoms with Gasteiger partial charge in [-0.05, 0) is 44.0 Å². The normalized spacial score (nSPS) is 20.8. The number of hydrogen-bond acceptors (Lipinski definition) is 7. The topological polar surface area (TPSA) is 77.5 Å². The summed E-state index contributed by atoms with van der Waals surface area (Å²) in [6.45, 7) is 5.14. The number of carbonyl (C=O) groups is 1. The van der Waals surface area contributed by atoms with Gasteiger partial charge in [-0.3, -0.25) is 9.69 Å². The molecule has 3 rings (SSSR count). The largest absolute Gasteiger partial charge is 0.466 e. The summed E-state index contributed by atoms with van der Waals surface area (Å²) in [4.78, 5) is 14.0. The van der Waals surface area contributed by atoms with Crippen molar-refractivity contribution in [2.45, 2.75) is 32.5 Å². The van der Waals surface area contributed by atoms with Crippen molar-refractivity contribution in [3.63, 3.8) is 0 Å². The standard InChI is InChI=1S/C19H27NO6/c1-2-24-19(22)15-4-3-7-20(9-15)10-16(21)12-23-11-14-5-6-17-18(8-14)26-13-25-17/h5-6,8,15-16,21H,2-4,7,9-13H2,1H3/t15-,16+/m1/s1. The van der Waals surface area contributed by atoms with E-state index >= 15 is 0 Å². The van der Waals surface area contributed by atoms with Crippen LogP contribution in [-0.4, -0.2) is 61.7 Å². The number of piperidine rings is 1. The molecule has 0 spiro atoms. The molecule has 2 aliphatic heterocycles. The first-order valence-electron chi connectivity index (χ1n) is 9.19. The summed E-state index contributed by atoms with van der Waals surface area (Å²) < 4.78 is 21.4. The minimum atomic E-state index is -0.593. The molecule has 2 heterocycles. The highest BCUT2D eigenvalue weighted by atomic mass is 16.7. The quantitative estimate of drug-likeness (QED) is 0.701. The van der Waals surface area contributed by atoms with Gasteiger partial charge < -0.3 is 24.1 Å².